The van der Waals surface area contributed by atoms with E-state index in [1.807, 2.05) is 6.20 Å². The highest BCUT2D eigenvalue weighted by atomic mass is 14.7. The molecule has 0 atom stereocenters. The van der Waals surface area contributed by atoms with Gasteiger partial charge in [-0.1, -0.05) is 24.0 Å². The molecule has 1 heterocycles. The molecule has 1 aromatic heterocycles. The molecule has 14 heavy (non-hydrogen) atoms. The van der Waals surface area contributed by atoms with E-state index in [1.165, 1.54) is 30.3 Å². The van der Waals surface area contributed by atoms with Crippen molar-refractivity contribution in [2.75, 3.05) is 0 Å². The SMILES string of the molecule is Bc1cnc(C)c(C2(C=C)CCC2)c1. The molecular formula is C12H16BN. The van der Waals surface area contributed by atoms with Crippen LogP contribution in [0.3, 0.4) is 0 Å². The third-order valence-corrected chi connectivity index (χ3v) is 3.40. The van der Waals surface area contributed by atoms with E-state index in [-0.39, 0.29) is 5.41 Å². The average Bonchev–Trinajstić information content (AvgIpc) is 2.10. The van der Waals surface area contributed by atoms with Gasteiger partial charge in [0.25, 0.3) is 0 Å². The first-order valence-corrected chi connectivity index (χ1v) is 5.25. The largest absolute Gasteiger partial charge is 0.262 e. The maximum absolute atomic E-state index is 4.43. The number of aryl methyl sites for hydroxylation is 1. The van der Waals surface area contributed by atoms with Crippen molar-refractivity contribution < 1.29 is 0 Å². The van der Waals surface area contributed by atoms with Gasteiger partial charge >= 0.3 is 0 Å². The molecule has 2 rings (SSSR count). The van der Waals surface area contributed by atoms with Gasteiger partial charge < -0.3 is 0 Å². The molecule has 1 aliphatic carbocycles. The van der Waals surface area contributed by atoms with Gasteiger partial charge in [-0.05, 0) is 25.3 Å². The molecule has 0 spiro atoms. The van der Waals surface area contributed by atoms with E-state index in [4.69, 9.17) is 0 Å². The van der Waals surface area contributed by atoms with Crippen LogP contribution < -0.4 is 5.46 Å². The summed E-state index contributed by atoms with van der Waals surface area (Å²) in [4.78, 5) is 4.43. The number of aromatic nitrogens is 1. The molecule has 1 saturated carbocycles. The monoisotopic (exact) mass is 185 g/mol. The molecule has 0 aromatic carbocycles. The van der Waals surface area contributed by atoms with E-state index >= 15 is 0 Å². The van der Waals surface area contributed by atoms with Crippen molar-refractivity contribution in [1.29, 1.82) is 0 Å². The molecule has 0 radical (unpaired) electrons. The summed E-state index contributed by atoms with van der Waals surface area (Å²) in [6.07, 6.45) is 7.85. The van der Waals surface area contributed by atoms with Crippen LogP contribution in [0.15, 0.2) is 24.9 Å². The Morgan fingerprint density at radius 1 is 1.57 bits per heavy atom. The van der Waals surface area contributed by atoms with E-state index in [9.17, 15) is 0 Å². The van der Waals surface area contributed by atoms with Crippen LogP contribution >= 0.6 is 0 Å². The molecule has 0 N–H and O–H groups in total. The summed E-state index contributed by atoms with van der Waals surface area (Å²) >= 11 is 0. The minimum atomic E-state index is 0.239. The number of pyridine rings is 1. The molecule has 1 aromatic rings. The van der Waals surface area contributed by atoms with Crippen molar-refractivity contribution in [3.8, 4) is 0 Å². The third-order valence-electron chi connectivity index (χ3n) is 3.40. The van der Waals surface area contributed by atoms with Crippen LogP contribution in [0.1, 0.15) is 30.5 Å². The first-order valence-electron chi connectivity index (χ1n) is 5.25. The molecule has 0 unspecified atom stereocenters. The number of hydrogen-bond acceptors (Lipinski definition) is 1. The van der Waals surface area contributed by atoms with Gasteiger partial charge in [0.15, 0.2) is 0 Å². The van der Waals surface area contributed by atoms with Gasteiger partial charge in [-0.3, -0.25) is 4.98 Å². The number of allylic oxidation sites excluding steroid dienone is 1. The first kappa shape index (κ1) is 9.51. The molecule has 2 heteroatoms. The zero-order valence-electron chi connectivity index (χ0n) is 9.01. The fourth-order valence-electron chi connectivity index (χ4n) is 2.28. The van der Waals surface area contributed by atoms with Gasteiger partial charge in [0.1, 0.15) is 7.85 Å². The predicted molar refractivity (Wildman–Crippen MR) is 62.9 cm³/mol. The van der Waals surface area contributed by atoms with Crippen molar-refractivity contribution in [1.82, 2.24) is 4.98 Å². The minimum Gasteiger partial charge on any atom is -0.262 e. The third kappa shape index (κ3) is 1.29. The van der Waals surface area contributed by atoms with Gasteiger partial charge in [0, 0.05) is 17.3 Å². The van der Waals surface area contributed by atoms with E-state index in [0.717, 1.165) is 5.69 Å². The van der Waals surface area contributed by atoms with Crippen LogP contribution in [0.25, 0.3) is 0 Å². The smallest absolute Gasteiger partial charge is 0.141 e. The van der Waals surface area contributed by atoms with Crippen LogP contribution in [0, 0.1) is 6.92 Å². The Hall–Kier alpha value is -1.05. The van der Waals surface area contributed by atoms with Gasteiger partial charge in [0.2, 0.25) is 0 Å². The highest BCUT2D eigenvalue weighted by molar-refractivity contribution is 6.32. The summed E-state index contributed by atoms with van der Waals surface area (Å²) in [6.45, 7) is 6.07. The zero-order valence-corrected chi connectivity index (χ0v) is 9.01. The lowest BCUT2D eigenvalue weighted by molar-refractivity contribution is 0.312. The summed E-state index contributed by atoms with van der Waals surface area (Å²) in [5.41, 5.74) is 4.04. The van der Waals surface area contributed by atoms with Gasteiger partial charge in [0.05, 0.1) is 0 Å². The minimum absolute atomic E-state index is 0.239. The zero-order chi connectivity index (χ0) is 10.2. The van der Waals surface area contributed by atoms with Crippen LogP contribution in [0.2, 0.25) is 0 Å². The Morgan fingerprint density at radius 2 is 2.29 bits per heavy atom. The van der Waals surface area contributed by atoms with Gasteiger partial charge in [-0.2, -0.15) is 0 Å². The molecule has 0 bridgehead atoms. The molecule has 1 fully saturated rings. The maximum Gasteiger partial charge on any atom is 0.141 e. The summed E-state index contributed by atoms with van der Waals surface area (Å²) in [7, 11) is 2.10. The Labute approximate surface area is 86.7 Å². The maximum atomic E-state index is 4.43. The molecular weight excluding hydrogens is 169 g/mol. The molecule has 1 nitrogen and oxygen atoms in total. The van der Waals surface area contributed by atoms with Crippen molar-refractivity contribution in [2.45, 2.75) is 31.6 Å². The second-order valence-electron chi connectivity index (χ2n) is 4.36. The van der Waals surface area contributed by atoms with E-state index < -0.39 is 0 Å². The van der Waals surface area contributed by atoms with Crippen LogP contribution in [-0.2, 0) is 5.41 Å². The average molecular weight is 185 g/mol. The second kappa shape index (κ2) is 3.27. The highest BCUT2D eigenvalue weighted by Crippen LogP contribution is 2.45. The Balaban J connectivity index is 2.48. The van der Waals surface area contributed by atoms with E-state index in [1.54, 1.807) is 0 Å². The lowest BCUT2D eigenvalue weighted by Crippen LogP contribution is -2.33. The Kier molecular flexibility index (Phi) is 2.22. The van der Waals surface area contributed by atoms with Crippen molar-refractivity contribution in [3.05, 3.63) is 36.2 Å². The second-order valence-corrected chi connectivity index (χ2v) is 4.36. The summed E-state index contributed by atoms with van der Waals surface area (Å²) in [5.74, 6) is 0. The molecule has 0 amide bonds. The number of nitrogens with zero attached hydrogens (tertiary/aromatic N) is 1. The normalized spacial score (nSPS) is 18.6. The molecule has 72 valence electrons. The molecule has 1 aliphatic rings. The summed E-state index contributed by atoms with van der Waals surface area (Å²) in [6, 6.07) is 2.27. The fraction of sp³-hybridized carbons (Fsp3) is 0.417. The van der Waals surface area contributed by atoms with E-state index in [0.29, 0.717) is 0 Å². The molecule has 0 saturated heterocycles. The quantitative estimate of drug-likeness (QED) is 0.499. The molecule has 0 aliphatic heterocycles. The van der Waals surface area contributed by atoms with Crippen molar-refractivity contribution in [2.24, 2.45) is 0 Å². The standard InChI is InChI=1S/C12H16BN/c1-3-12(5-4-6-12)11-7-10(13)8-14-9(11)2/h3,7-8H,1,4-6,13H2,2H3. The summed E-state index contributed by atoms with van der Waals surface area (Å²) in [5, 5.41) is 0. The topological polar surface area (TPSA) is 12.9 Å². The summed E-state index contributed by atoms with van der Waals surface area (Å²) < 4.78 is 0. The van der Waals surface area contributed by atoms with Crippen LogP contribution in [0.5, 0.6) is 0 Å². The van der Waals surface area contributed by atoms with Gasteiger partial charge in [-0.25, -0.2) is 0 Å². The van der Waals surface area contributed by atoms with E-state index in [2.05, 4.69) is 38.5 Å². The predicted octanol–water partition coefficient (Wildman–Crippen LogP) is 1.26. The van der Waals surface area contributed by atoms with Crippen molar-refractivity contribution >= 4 is 13.3 Å². The number of hydrogen-bond donors (Lipinski definition) is 0. The van der Waals surface area contributed by atoms with Crippen molar-refractivity contribution in [3.63, 3.8) is 0 Å². The lowest BCUT2D eigenvalue weighted by Gasteiger charge is -2.40. The fourth-order valence-corrected chi connectivity index (χ4v) is 2.28. The van der Waals surface area contributed by atoms with Crippen LogP contribution in [-0.4, -0.2) is 12.8 Å². The Bertz CT molecular complexity index is 367. The number of rotatable bonds is 2. The first-order chi connectivity index (χ1) is 6.68. The van der Waals surface area contributed by atoms with Crippen LogP contribution in [0.4, 0.5) is 0 Å². The highest BCUT2D eigenvalue weighted by Gasteiger charge is 2.36. The Morgan fingerprint density at radius 3 is 2.79 bits per heavy atom. The lowest BCUT2D eigenvalue weighted by atomic mass is 9.63. The van der Waals surface area contributed by atoms with Gasteiger partial charge in [-0.15, -0.1) is 6.58 Å².